The van der Waals surface area contributed by atoms with E-state index in [0.717, 1.165) is 5.56 Å². The number of anilines is 2. The third-order valence-electron chi connectivity index (χ3n) is 4.83. The van der Waals surface area contributed by atoms with Crippen LogP contribution in [0.1, 0.15) is 23.2 Å². The second-order valence-corrected chi connectivity index (χ2v) is 7.08. The molecule has 0 atom stereocenters. The largest absolute Gasteiger partial charge is 0.351 e. The lowest BCUT2D eigenvalue weighted by atomic mass is 10.1. The lowest BCUT2D eigenvalue weighted by molar-refractivity contribution is -0.116. The topological polar surface area (TPSA) is 104 Å². The average molecular weight is 420 g/mol. The van der Waals surface area contributed by atoms with Crippen LogP contribution in [0.25, 0.3) is 5.78 Å². The maximum absolute atomic E-state index is 13.0. The van der Waals surface area contributed by atoms with Crippen molar-refractivity contribution in [2.24, 2.45) is 0 Å². The van der Waals surface area contributed by atoms with Gasteiger partial charge in [-0.05, 0) is 43.2 Å². The molecule has 31 heavy (non-hydrogen) atoms. The van der Waals surface area contributed by atoms with Crippen molar-refractivity contribution in [3.8, 4) is 0 Å². The summed E-state index contributed by atoms with van der Waals surface area (Å²) < 4.78 is 14.2. The predicted octanol–water partition coefficient (Wildman–Crippen LogP) is 3.05. The minimum atomic E-state index is -0.377. The Morgan fingerprint density at radius 3 is 2.58 bits per heavy atom. The number of H-pyrrole nitrogens is 1. The van der Waals surface area contributed by atoms with Gasteiger partial charge < -0.3 is 10.6 Å². The maximum atomic E-state index is 13.0. The SMILES string of the molecule is Cc1nc2nc(NCc3ccccc3)[nH]n2c(=O)c1CCC(=O)Nc1ccc(F)cc1. The minimum Gasteiger partial charge on any atom is -0.351 e. The molecule has 3 N–H and O–H groups in total. The van der Waals surface area contributed by atoms with Crippen LogP contribution in [0.2, 0.25) is 0 Å². The number of aryl methyl sites for hydroxylation is 1. The summed E-state index contributed by atoms with van der Waals surface area (Å²) in [6, 6.07) is 15.3. The van der Waals surface area contributed by atoms with Gasteiger partial charge in [-0.1, -0.05) is 30.3 Å². The lowest BCUT2D eigenvalue weighted by Gasteiger charge is -2.06. The third-order valence-corrected chi connectivity index (χ3v) is 4.83. The number of carbonyl (C=O) groups excluding carboxylic acids is 1. The van der Waals surface area contributed by atoms with Crippen LogP contribution in [0.15, 0.2) is 59.4 Å². The van der Waals surface area contributed by atoms with Crippen molar-refractivity contribution in [1.82, 2.24) is 19.6 Å². The highest BCUT2D eigenvalue weighted by Gasteiger charge is 2.15. The van der Waals surface area contributed by atoms with Crippen molar-refractivity contribution in [3.05, 3.63) is 87.6 Å². The van der Waals surface area contributed by atoms with Gasteiger partial charge in [0.05, 0.1) is 5.69 Å². The molecule has 1 amide bonds. The Morgan fingerprint density at radius 2 is 1.84 bits per heavy atom. The number of rotatable bonds is 7. The summed E-state index contributed by atoms with van der Waals surface area (Å²) in [6.07, 6.45) is 0.313. The molecule has 0 aliphatic carbocycles. The summed E-state index contributed by atoms with van der Waals surface area (Å²) >= 11 is 0. The average Bonchev–Trinajstić information content (AvgIpc) is 3.17. The Hall–Kier alpha value is -4.01. The molecule has 0 fully saturated rings. The first-order valence-corrected chi connectivity index (χ1v) is 9.81. The van der Waals surface area contributed by atoms with Crippen molar-refractivity contribution in [3.63, 3.8) is 0 Å². The number of halogens is 1. The number of benzene rings is 2. The molecule has 8 nitrogen and oxygen atoms in total. The first-order chi connectivity index (χ1) is 15.0. The minimum absolute atomic E-state index is 0.0917. The van der Waals surface area contributed by atoms with E-state index in [-0.39, 0.29) is 35.9 Å². The summed E-state index contributed by atoms with van der Waals surface area (Å²) in [5.74, 6) is 0.0418. The molecule has 0 bridgehead atoms. The molecule has 158 valence electrons. The third kappa shape index (κ3) is 4.77. The van der Waals surface area contributed by atoms with Crippen molar-refractivity contribution in [2.75, 3.05) is 10.6 Å². The summed E-state index contributed by atoms with van der Waals surface area (Å²) in [5, 5.41) is 8.75. The van der Waals surface area contributed by atoms with Gasteiger partial charge in [-0.2, -0.15) is 9.50 Å². The van der Waals surface area contributed by atoms with E-state index < -0.39 is 0 Å². The van der Waals surface area contributed by atoms with E-state index in [2.05, 4.69) is 25.7 Å². The fourth-order valence-electron chi connectivity index (χ4n) is 3.20. The van der Waals surface area contributed by atoms with E-state index in [1.165, 1.54) is 28.8 Å². The molecule has 0 aliphatic heterocycles. The van der Waals surface area contributed by atoms with Crippen LogP contribution in [-0.4, -0.2) is 25.5 Å². The second-order valence-electron chi connectivity index (χ2n) is 7.08. The molecule has 0 spiro atoms. The van der Waals surface area contributed by atoms with Gasteiger partial charge in [-0.25, -0.2) is 9.37 Å². The molecular formula is C22H21FN6O2. The fraction of sp³-hybridized carbons (Fsp3) is 0.182. The smallest absolute Gasteiger partial charge is 0.277 e. The molecule has 2 aromatic heterocycles. The molecule has 0 aliphatic rings. The number of nitrogens with one attached hydrogen (secondary N) is 3. The van der Waals surface area contributed by atoms with Crippen LogP contribution in [0.4, 0.5) is 16.0 Å². The Kier molecular flexibility index (Phi) is 5.74. The van der Waals surface area contributed by atoms with Gasteiger partial charge >= 0.3 is 0 Å². The molecular weight excluding hydrogens is 399 g/mol. The summed E-state index contributed by atoms with van der Waals surface area (Å²) in [4.78, 5) is 33.8. The molecule has 4 aromatic rings. The van der Waals surface area contributed by atoms with Crippen LogP contribution < -0.4 is 16.2 Å². The summed E-state index contributed by atoms with van der Waals surface area (Å²) in [6.45, 7) is 2.27. The van der Waals surface area contributed by atoms with E-state index >= 15 is 0 Å². The first kappa shape index (κ1) is 20.3. The number of fused-ring (bicyclic) bond motifs is 1. The van der Waals surface area contributed by atoms with Crippen molar-refractivity contribution in [2.45, 2.75) is 26.3 Å². The Bertz CT molecular complexity index is 1270. The number of nitrogens with zero attached hydrogens (tertiary/aromatic N) is 3. The Labute approximate surface area is 177 Å². The molecule has 0 saturated carbocycles. The zero-order valence-electron chi connectivity index (χ0n) is 16.9. The quantitative estimate of drug-likeness (QED) is 0.426. The molecule has 0 saturated heterocycles. The maximum Gasteiger partial charge on any atom is 0.277 e. The second kappa shape index (κ2) is 8.78. The van der Waals surface area contributed by atoms with Crippen LogP contribution in [0.3, 0.4) is 0 Å². The first-order valence-electron chi connectivity index (χ1n) is 9.81. The van der Waals surface area contributed by atoms with Gasteiger partial charge in [0.25, 0.3) is 11.3 Å². The highest BCUT2D eigenvalue weighted by atomic mass is 19.1. The van der Waals surface area contributed by atoms with Crippen LogP contribution in [0, 0.1) is 12.7 Å². The molecule has 2 heterocycles. The zero-order valence-corrected chi connectivity index (χ0v) is 16.9. The van der Waals surface area contributed by atoms with E-state index in [4.69, 9.17) is 0 Å². The molecule has 0 radical (unpaired) electrons. The monoisotopic (exact) mass is 420 g/mol. The molecule has 0 unspecified atom stereocenters. The van der Waals surface area contributed by atoms with Crippen molar-refractivity contribution in [1.29, 1.82) is 0 Å². The van der Waals surface area contributed by atoms with Crippen molar-refractivity contribution >= 4 is 23.3 Å². The van der Waals surface area contributed by atoms with E-state index in [9.17, 15) is 14.0 Å². The van der Waals surface area contributed by atoms with Gasteiger partial charge in [0.1, 0.15) is 5.82 Å². The van der Waals surface area contributed by atoms with Gasteiger partial charge in [0.2, 0.25) is 11.9 Å². The summed E-state index contributed by atoms with van der Waals surface area (Å²) in [5.41, 5.74) is 2.24. The number of hydrogen-bond acceptors (Lipinski definition) is 5. The molecule has 9 heteroatoms. The van der Waals surface area contributed by atoms with E-state index in [0.29, 0.717) is 29.4 Å². The number of aromatic amines is 1. The molecule has 4 rings (SSSR count). The highest BCUT2D eigenvalue weighted by molar-refractivity contribution is 5.90. The van der Waals surface area contributed by atoms with Crippen LogP contribution in [0.5, 0.6) is 0 Å². The van der Waals surface area contributed by atoms with Crippen LogP contribution >= 0.6 is 0 Å². The fourth-order valence-corrected chi connectivity index (χ4v) is 3.20. The van der Waals surface area contributed by atoms with Gasteiger partial charge in [-0.3, -0.25) is 14.7 Å². The highest BCUT2D eigenvalue weighted by Crippen LogP contribution is 2.11. The number of amides is 1. The van der Waals surface area contributed by atoms with Gasteiger partial charge in [0.15, 0.2) is 0 Å². The lowest BCUT2D eigenvalue weighted by Crippen LogP contribution is -2.23. The number of hydrogen-bond donors (Lipinski definition) is 3. The van der Waals surface area contributed by atoms with E-state index in [1.54, 1.807) is 6.92 Å². The molecule has 2 aromatic carbocycles. The standard InChI is InChI=1S/C22H21FN6O2/c1-14-18(11-12-19(30)26-17-9-7-16(23)8-10-17)20(31)29-22(25-14)27-21(28-29)24-13-15-5-3-2-4-6-15/h2-10H,11-13H2,1H3,(H,26,30)(H2,24,25,27,28). The van der Waals surface area contributed by atoms with Crippen molar-refractivity contribution < 1.29 is 9.18 Å². The normalized spacial score (nSPS) is 10.9. The van der Waals surface area contributed by atoms with E-state index in [1.807, 2.05) is 30.3 Å². The van der Waals surface area contributed by atoms with Gasteiger partial charge in [0, 0.05) is 24.2 Å². The van der Waals surface area contributed by atoms with Gasteiger partial charge in [-0.15, -0.1) is 0 Å². The predicted molar refractivity (Wildman–Crippen MR) is 115 cm³/mol. The zero-order chi connectivity index (χ0) is 21.8. The van der Waals surface area contributed by atoms with Crippen LogP contribution in [-0.2, 0) is 17.8 Å². The Balaban J connectivity index is 1.45. The number of aromatic nitrogens is 4. The number of carbonyl (C=O) groups is 1. The Morgan fingerprint density at radius 1 is 1.10 bits per heavy atom. The summed E-state index contributed by atoms with van der Waals surface area (Å²) in [7, 11) is 0.